The second-order valence-electron chi connectivity index (χ2n) is 6.19. The van der Waals surface area contributed by atoms with Crippen molar-refractivity contribution in [2.75, 3.05) is 7.05 Å². The number of hydrogen-bond donors (Lipinski definition) is 1. The van der Waals surface area contributed by atoms with Crippen molar-refractivity contribution in [1.82, 2.24) is 15.3 Å². The van der Waals surface area contributed by atoms with E-state index >= 15 is 0 Å². The normalized spacial score (nSPS) is 21.1. The van der Waals surface area contributed by atoms with Gasteiger partial charge in [-0.2, -0.15) is 0 Å². The van der Waals surface area contributed by atoms with E-state index in [1.165, 1.54) is 48.1 Å². The highest BCUT2D eigenvalue weighted by Gasteiger charge is 2.27. The van der Waals surface area contributed by atoms with Crippen molar-refractivity contribution < 1.29 is 0 Å². The number of fused-ring (bicyclic) bond motifs is 1. The van der Waals surface area contributed by atoms with Gasteiger partial charge in [-0.3, -0.25) is 0 Å². The summed E-state index contributed by atoms with van der Waals surface area (Å²) in [7, 11) is 2.02. The van der Waals surface area contributed by atoms with E-state index in [2.05, 4.69) is 34.6 Å². The highest BCUT2D eigenvalue weighted by Crippen LogP contribution is 2.43. The smallest absolute Gasteiger partial charge is 0.159 e. The van der Waals surface area contributed by atoms with Crippen LogP contribution in [0.5, 0.6) is 0 Å². The van der Waals surface area contributed by atoms with E-state index in [1.807, 2.05) is 13.2 Å². The molecule has 0 saturated heterocycles. The van der Waals surface area contributed by atoms with Crippen molar-refractivity contribution in [3.8, 4) is 11.4 Å². The molecular formula is C18H21N3. The number of aryl methyl sites for hydroxylation is 1. The van der Waals surface area contributed by atoms with Gasteiger partial charge in [0.25, 0.3) is 0 Å². The van der Waals surface area contributed by atoms with Crippen LogP contribution in [0.2, 0.25) is 0 Å². The Kier molecular flexibility index (Phi) is 3.23. The van der Waals surface area contributed by atoms with Crippen molar-refractivity contribution in [1.29, 1.82) is 0 Å². The number of benzene rings is 1. The van der Waals surface area contributed by atoms with Gasteiger partial charge in [0.05, 0.1) is 0 Å². The first kappa shape index (κ1) is 13.0. The van der Waals surface area contributed by atoms with Crippen LogP contribution in [0.15, 0.2) is 30.5 Å². The van der Waals surface area contributed by atoms with Crippen LogP contribution in [-0.4, -0.2) is 17.0 Å². The van der Waals surface area contributed by atoms with Crippen LogP contribution < -0.4 is 5.32 Å². The molecule has 0 spiro atoms. The molecular weight excluding hydrogens is 258 g/mol. The maximum Gasteiger partial charge on any atom is 0.159 e. The lowest BCUT2D eigenvalue weighted by molar-refractivity contribution is 0.488. The lowest BCUT2D eigenvalue weighted by atomic mass is 9.92. The molecule has 0 amide bonds. The summed E-state index contributed by atoms with van der Waals surface area (Å²) < 4.78 is 0. The summed E-state index contributed by atoms with van der Waals surface area (Å²) in [4.78, 5) is 9.58. The minimum Gasteiger partial charge on any atom is -0.313 e. The summed E-state index contributed by atoms with van der Waals surface area (Å²) in [6, 6.07) is 9.06. The molecule has 2 aliphatic rings. The van der Waals surface area contributed by atoms with Gasteiger partial charge in [-0.1, -0.05) is 24.3 Å². The first-order valence-corrected chi connectivity index (χ1v) is 7.99. The molecule has 1 N–H and O–H groups in total. The Balaban J connectivity index is 1.77. The molecule has 0 bridgehead atoms. The third-order valence-corrected chi connectivity index (χ3v) is 4.75. The molecule has 1 fully saturated rings. The summed E-state index contributed by atoms with van der Waals surface area (Å²) >= 11 is 0. The third-order valence-electron chi connectivity index (χ3n) is 4.75. The summed E-state index contributed by atoms with van der Waals surface area (Å²) in [5.74, 6) is 1.64. The molecule has 1 saturated carbocycles. The Hall–Kier alpha value is -1.74. The van der Waals surface area contributed by atoms with Crippen LogP contribution >= 0.6 is 0 Å². The van der Waals surface area contributed by atoms with Gasteiger partial charge in [-0.25, -0.2) is 9.97 Å². The molecule has 1 atom stereocenters. The molecule has 1 heterocycles. The SMILES string of the molecule is CNC1CCCc2nc(-c3ccccc3C3CC3)ncc21. The maximum absolute atomic E-state index is 4.90. The molecule has 4 rings (SSSR count). The predicted octanol–water partition coefficient (Wildman–Crippen LogP) is 3.62. The maximum atomic E-state index is 4.90. The quantitative estimate of drug-likeness (QED) is 0.932. The topological polar surface area (TPSA) is 37.8 Å². The van der Waals surface area contributed by atoms with E-state index in [-0.39, 0.29) is 0 Å². The fraction of sp³-hybridized carbons (Fsp3) is 0.444. The van der Waals surface area contributed by atoms with Gasteiger partial charge in [0.15, 0.2) is 5.82 Å². The van der Waals surface area contributed by atoms with Crippen molar-refractivity contribution in [2.45, 2.75) is 44.1 Å². The van der Waals surface area contributed by atoms with Crippen LogP contribution in [0.4, 0.5) is 0 Å². The number of hydrogen-bond acceptors (Lipinski definition) is 3. The molecule has 2 aromatic rings. The lowest BCUT2D eigenvalue weighted by Gasteiger charge is -2.24. The number of rotatable bonds is 3. The molecule has 1 unspecified atom stereocenters. The van der Waals surface area contributed by atoms with Gasteiger partial charge in [0.1, 0.15) is 0 Å². The van der Waals surface area contributed by atoms with Crippen LogP contribution in [0.1, 0.15) is 54.5 Å². The van der Waals surface area contributed by atoms with Gasteiger partial charge < -0.3 is 5.32 Å². The average molecular weight is 279 g/mol. The molecule has 1 aromatic heterocycles. The van der Waals surface area contributed by atoms with E-state index in [4.69, 9.17) is 4.98 Å². The zero-order chi connectivity index (χ0) is 14.2. The Bertz CT molecular complexity index is 661. The van der Waals surface area contributed by atoms with Gasteiger partial charge in [-0.05, 0) is 50.6 Å². The third kappa shape index (κ3) is 2.36. The van der Waals surface area contributed by atoms with Gasteiger partial charge in [0.2, 0.25) is 0 Å². The average Bonchev–Trinajstić information content (AvgIpc) is 3.38. The van der Waals surface area contributed by atoms with E-state index in [0.717, 1.165) is 18.2 Å². The molecule has 3 heteroatoms. The first-order valence-electron chi connectivity index (χ1n) is 7.99. The molecule has 0 aliphatic heterocycles. The van der Waals surface area contributed by atoms with Crippen LogP contribution in [0.3, 0.4) is 0 Å². The molecule has 1 aromatic carbocycles. The van der Waals surface area contributed by atoms with Gasteiger partial charge >= 0.3 is 0 Å². The largest absolute Gasteiger partial charge is 0.313 e. The Morgan fingerprint density at radius 1 is 1.10 bits per heavy atom. The second-order valence-corrected chi connectivity index (χ2v) is 6.19. The fourth-order valence-electron chi connectivity index (χ4n) is 3.43. The highest BCUT2D eigenvalue weighted by molar-refractivity contribution is 5.62. The van der Waals surface area contributed by atoms with Crippen molar-refractivity contribution in [2.24, 2.45) is 0 Å². The zero-order valence-electron chi connectivity index (χ0n) is 12.5. The van der Waals surface area contributed by atoms with E-state index in [9.17, 15) is 0 Å². The molecule has 0 radical (unpaired) electrons. The second kappa shape index (κ2) is 5.23. The summed E-state index contributed by atoms with van der Waals surface area (Å²) in [6.45, 7) is 0. The summed E-state index contributed by atoms with van der Waals surface area (Å²) in [5, 5.41) is 3.38. The van der Waals surface area contributed by atoms with Crippen molar-refractivity contribution >= 4 is 0 Å². The lowest BCUT2D eigenvalue weighted by Crippen LogP contribution is -2.23. The minimum atomic E-state index is 0.418. The van der Waals surface area contributed by atoms with E-state index < -0.39 is 0 Å². The number of nitrogens with zero attached hydrogens (tertiary/aromatic N) is 2. The van der Waals surface area contributed by atoms with Crippen molar-refractivity contribution in [3.05, 3.63) is 47.3 Å². The van der Waals surface area contributed by atoms with Crippen LogP contribution in [0.25, 0.3) is 11.4 Å². The molecule has 3 nitrogen and oxygen atoms in total. The van der Waals surface area contributed by atoms with E-state index in [1.54, 1.807) is 0 Å². The predicted molar refractivity (Wildman–Crippen MR) is 84.2 cm³/mol. The molecule has 21 heavy (non-hydrogen) atoms. The monoisotopic (exact) mass is 279 g/mol. The summed E-state index contributed by atoms with van der Waals surface area (Å²) in [5.41, 5.74) is 5.18. The molecule has 108 valence electrons. The highest BCUT2D eigenvalue weighted by atomic mass is 14.9. The first-order chi connectivity index (χ1) is 10.4. The van der Waals surface area contributed by atoms with E-state index in [0.29, 0.717) is 6.04 Å². The fourth-order valence-corrected chi connectivity index (χ4v) is 3.43. The summed E-state index contributed by atoms with van der Waals surface area (Å²) in [6.07, 6.45) is 8.13. The van der Waals surface area contributed by atoms with Crippen LogP contribution in [0, 0.1) is 0 Å². The minimum absolute atomic E-state index is 0.418. The standard InChI is InChI=1S/C18H21N3/c1-19-16-7-4-8-17-15(16)11-20-18(21-17)14-6-3-2-5-13(14)12-9-10-12/h2-3,5-6,11-12,16,19H,4,7-10H2,1H3. The number of aromatic nitrogens is 2. The molecule has 2 aliphatic carbocycles. The van der Waals surface area contributed by atoms with Crippen molar-refractivity contribution in [3.63, 3.8) is 0 Å². The van der Waals surface area contributed by atoms with Gasteiger partial charge in [0, 0.05) is 29.1 Å². The number of nitrogens with one attached hydrogen (secondary N) is 1. The Morgan fingerprint density at radius 3 is 2.76 bits per heavy atom. The van der Waals surface area contributed by atoms with Crippen LogP contribution in [-0.2, 0) is 6.42 Å². The van der Waals surface area contributed by atoms with Gasteiger partial charge in [-0.15, -0.1) is 0 Å². The Labute approximate surface area is 125 Å². The zero-order valence-corrected chi connectivity index (χ0v) is 12.5. The Morgan fingerprint density at radius 2 is 1.95 bits per heavy atom.